The number of aromatic nitrogens is 2. The molecular weight excluding hydrogens is 322 g/mol. The zero-order valence-corrected chi connectivity index (χ0v) is 14.4. The summed E-state index contributed by atoms with van der Waals surface area (Å²) in [7, 11) is 0. The Balaban J connectivity index is 1.75. The maximum atomic E-state index is 6.03. The number of hydrogen-bond acceptors (Lipinski definition) is 3. The quantitative estimate of drug-likeness (QED) is 0.756. The summed E-state index contributed by atoms with van der Waals surface area (Å²) in [6.45, 7) is 3.74. The Morgan fingerprint density at radius 3 is 2.88 bits per heavy atom. The van der Waals surface area contributed by atoms with E-state index in [1.165, 1.54) is 5.56 Å². The minimum atomic E-state index is 0.277. The van der Waals surface area contributed by atoms with Gasteiger partial charge in [-0.25, -0.2) is 4.98 Å². The largest absolute Gasteiger partial charge is 0.376 e. The van der Waals surface area contributed by atoms with Crippen molar-refractivity contribution in [3.63, 3.8) is 0 Å². The van der Waals surface area contributed by atoms with E-state index in [-0.39, 0.29) is 6.10 Å². The van der Waals surface area contributed by atoms with E-state index in [0.717, 1.165) is 53.7 Å². The van der Waals surface area contributed by atoms with Crippen LogP contribution in [0.2, 0.25) is 5.02 Å². The molecule has 0 aliphatic carbocycles. The Bertz CT molecular complexity index is 851. The molecule has 0 saturated carbocycles. The summed E-state index contributed by atoms with van der Waals surface area (Å²) >= 11 is 6.03. The fourth-order valence-corrected chi connectivity index (χ4v) is 3.27. The lowest BCUT2D eigenvalue weighted by Crippen LogP contribution is -2.19. The molecule has 3 heterocycles. The van der Waals surface area contributed by atoms with Crippen molar-refractivity contribution < 1.29 is 4.74 Å². The molecule has 1 unspecified atom stereocenters. The maximum Gasteiger partial charge on any atom is 0.139 e. The standard InChI is InChI=1S/C19H20ClN3O/c1-13-8-9-23-17(11-13)22-18(14-4-6-15(20)7-5-14)19(23)21-12-16-3-2-10-24-16/h4-9,11,16,21H,2-3,10,12H2,1H3. The van der Waals surface area contributed by atoms with Crippen LogP contribution in [0.3, 0.4) is 0 Å². The van der Waals surface area contributed by atoms with Crippen molar-refractivity contribution in [3.8, 4) is 11.3 Å². The van der Waals surface area contributed by atoms with Gasteiger partial charge in [-0.3, -0.25) is 4.40 Å². The van der Waals surface area contributed by atoms with Gasteiger partial charge in [0.2, 0.25) is 0 Å². The third kappa shape index (κ3) is 2.99. The highest BCUT2D eigenvalue weighted by Gasteiger charge is 2.18. The number of fused-ring (bicyclic) bond motifs is 1. The molecule has 0 spiro atoms. The molecule has 0 radical (unpaired) electrons. The number of benzene rings is 1. The summed E-state index contributed by atoms with van der Waals surface area (Å²) in [4.78, 5) is 4.84. The second-order valence-corrected chi connectivity index (χ2v) is 6.70. The van der Waals surface area contributed by atoms with Crippen molar-refractivity contribution in [2.24, 2.45) is 0 Å². The van der Waals surface area contributed by atoms with Gasteiger partial charge in [-0.1, -0.05) is 23.7 Å². The number of aryl methyl sites for hydroxylation is 1. The number of nitrogens with zero attached hydrogens (tertiary/aromatic N) is 2. The van der Waals surface area contributed by atoms with Crippen molar-refractivity contribution >= 4 is 23.1 Å². The van der Waals surface area contributed by atoms with Gasteiger partial charge in [-0.15, -0.1) is 0 Å². The lowest BCUT2D eigenvalue weighted by Gasteiger charge is -2.13. The summed E-state index contributed by atoms with van der Waals surface area (Å²) in [5.41, 5.74) is 4.13. The summed E-state index contributed by atoms with van der Waals surface area (Å²) in [6, 6.07) is 12.0. The molecule has 1 aromatic carbocycles. The van der Waals surface area contributed by atoms with Gasteiger partial charge < -0.3 is 10.1 Å². The number of anilines is 1. The number of rotatable bonds is 4. The molecule has 1 atom stereocenters. The van der Waals surface area contributed by atoms with Crippen molar-refractivity contribution in [3.05, 3.63) is 53.2 Å². The van der Waals surface area contributed by atoms with E-state index >= 15 is 0 Å². The Morgan fingerprint density at radius 2 is 2.12 bits per heavy atom. The molecule has 1 aliphatic rings. The van der Waals surface area contributed by atoms with Gasteiger partial charge in [0, 0.05) is 29.9 Å². The Labute approximate surface area is 146 Å². The molecule has 5 heteroatoms. The van der Waals surface area contributed by atoms with Crippen LogP contribution in [-0.4, -0.2) is 28.6 Å². The fraction of sp³-hybridized carbons (Fsp3) is 0.316. The average molecular weight is 342 g/mol. The van der Waals surface area contributed by atoms with Gasteiger partial charge in [0.1, 0.15) is 17.2 Å². The Morgan fingerprint density at radius 1 is 1.29 bits per heavy atom. The van der Waals surface area contributed by atoms with Crippen molar-refractivity contribution in [2.75, 3.05) is 18.5 Å². The van der Waals surface area contributed by atoms with Gasteiger partial charge in [0.05, 0.1) is 6.10 Å². The molecule has 1 aliphatic heterocycles. The molecule has 0 amide bonds. The molecule has 1 N–H and O–H groups in total. The van der Waals surface area contributed by atoms with Crippen LogP contribution < -0.4 is 5.32 Å². The Kier molecular flexibility index (Phi) is 4.17. The molecule has 24 heavy (non-hydrogen) atoms. The maximum absolute atomic E-state index is 6.03. The normalized spacial score (nSPS) is 17.5. The first-order chi connectivity index (χ1) is 11.7. The zero-order valence-electron chi connectivity index (χ0n) is 13.6. The summed E-state index contributed by atoms with van der Waals surface area (Å²) in [5, 5.41) is 4.28. The van der Waals surface area contributed by atoms with Crippen LogP contribution in [0.25, 0.3) is 16.9 Å². The van der Waals surface area contributed by atoms with Crippen LogP contribution in [0.5, 0.6) is 0 Å². The number of ether oxygens (including phenoxy) is 1. The van der Waals surface area contributed by atoms with Gasteiger partial charge >= 0.3 is 0 Å². The number of imidazole rings is 1. The molecule has 4 rings (SSSR count). The predicted octanol–water partition coefficient (Wildman–Crippen LogP) is 4.55. The van der Waals surface area contributed by atoms with Crippen LogP contribution in [0.1, 0.15) is 18.4 Å². The monoisotopic (exact) mass is 341 g/mol. The van der Waals surface area contributed by atoms with Crippen LogP contribution >= 0.6 is 11.6 Å². The first kappa shape index (κ1) is 15.5. The highest BCUT2D eigenvalue weighted by Crippen LogP contribution is 2.30. The highest BCUT2D eigenvalue weighted by atomic mass is 35.5. The number of hydrogen-bond donors (Lipinski definition) is 1. The van der Waals surface area contributed by atoms with E-state index in [9.17, 15) is 0 Å². The highest BCUT2D eigenvalue weighted by molar-refractivity contribution is 6.30. The molecule has 3 aromatic rings. The van der Waals surface area contributed by atoms with Crippen molar-refractivity contribution in [2.45, 2.75) is 25.9 Å². The lowest BCUT2D eigenvalue weighted by atomic mass is 10.1. The van der Waals surface area contributed by atoms with Crippen LogP contribution in [0.15, 0.2) is 42.6 Å². The Hall–Kier alpha value is -2.04. The molecule has 0 bridgehead atoms. The summed E-state index contributed by atoms with van der Waals surface area (Å²) in [6.07, 6.45) is 4.59. The lowest BCUT2D eigenvalue weighted by molar-refractivity contribution is 0.120. The van der Waals surface area contributed by atoms with Crippen LogP contribution in [0, 0.1) is 6.92 Å². The second-order valence-electron chi connectivity index (χ2n) is 6.26. The first-order valence-electron chi connectivity index (χ1n) is 8.31. The minimum Gasteiger partial charge on any atom is -0.376 e. The fourth-order valence-electron chi connectivity index (χ4n) is 3.14. The SMILES string of the molecule is Cc1ccn2c(NCC3CCCO3)c(-c3ccc(Cl)cc3)nc2c1. The van der Waals surface area contributed by atoms with E-state index in [1.54, 1.807) is 0 Å². The van der Waals surface area contributed by atoms with Gasteiger partial charge in [0.25, 0.3) is 0 Å². The third-order valence-corrected chi connectivity index (χ3v) is 4.67. The number of pyridine rings is 1. The molecule has 124 valence electrons. The minimum absolute atomic E-state index is 0.277. The second kappa shape index (κ2) is 6.46. The molecule has 2 aromatic heterocycles. The van der Waals surface area contributed by atoms with Gasteiger partial charge in [-0.2, -0.15) is 0 Å². The predicted molar refractivity (Wildman–Crippen MR) is 97.8 cm³/mol. The third-order valence-electron chi connectivity index (χ3n) is 4.42. The summed E-state index contributed by atoms with van der Waals surface area (Å²) in [5.74, 6) is 1.00. The zero-order chi connectivity index (χ0) is 16.5. The number of halogens is 1. The molecular formula is C19H20ClN3O. The average Bonchev–Trinajstić information content (AvgIpc) is 3.20. The topological polar surface area (TPSA) is 38.6 Å². The molecule has 1 fully saturated rings. The van der Waals surface area contributed by atoms with Crippen molar-refractivity contribution in [1.29, 1.82) is 0 Å². The summed E-state index contributed by atoms with van der Waals surface area (Å²) < 4.78 is 7.84. The van der Waals surface area contributed by atoms with E-state index in [0.29, 0.717) is 0 Å². The number of nitrogens with one attached hydrogen (secondary N) is 1. The van der Waals surface area contributed by atoms with Crippen LogP contribution in [-0.2, 0) is 4.74 Å². The molecule has 1 saturated heterocycles. The van der Waals surface area contributed by atoms with Crippen LogP contribution in [0.4, 0.5) is 5.82 Å². The van der Waals surface area contributed by atoms with Crippen molar-refractivity contribution in [1.82, 2.24) is 9.38 Å². The van der Waals surface area contributed by atoms with E-state index in [4.69, 9.17) is 21.3 Å². The van der Waals surface area contributed by atoms with E-state index in [2.05, 4.69) is 35.0 Å². The van der Waals surface area contributed by atoms with E-state index < -0.39 is 0 Å². The smallest absolute Gasteiger partial charge is 0.139 e. The van der Waals surface area contributed by atoms with Gasteiger partial charge in [-0.05, 0) is 49.6 Å². The van der Waals surface area contributed by atoms with Gasteiger partial charge in [0.15, 0.2) is 0 Å². The molecule has 4 nitrogen and oxygen atoms in total. The van der Waals surface area contributed by atoms with E-state index in [1.807, 2.05) is 24.3 Å². The first-order valence-corrected chi connectivity index (χ1v) is 8.68.